The number of hydrogen-bond donors (Lipinski definition) is 2. The molecule has 3 aliphatic heterocycles. The van der Waals surface area contributed by atoms with Gasteiger partial charge in [-0.3, -0.25) is 4.90 Å². The predicted molar refractivity (Wildman–Crippen MR) is 97.0 cm³/mol. The third kappa shape index (κ3) is 3.88. The van der Waals surface area contributed by atoms with Crippen LogP contribution in [0.25, 0.3) is 0 Å². The third-order valence-corrected chi connectivity index (χ3v) is 5.51. The molecule has 1 aromatic heterocycles. The lowest BCUT2D eigenvalue weighted by molar-refractivity contribution is 0.122. The highest BCUT2D eigenvalue weighted by atomic mass is 16.5. The van der Waals surface area contributed by atoms with Crippen LogP contribution >= 0.6 is 0 Å². The van der Waals surface area contributed by atoms with E-state index in [4.69, 9.17) is 4.74 Å². The second-order valence-electron chi connectivity index (χ2n) is 7.10. The molecule has 4 heterocycles. The van der Waals surface area contributed by atoms with Gasteiger partial charge in [0.05, 0.1) is 25.1 Å². The van der Waals surface area contributed by atoms with Gasteiger partial charge in [-0.15, -0.1) is 0 Å². The molecule has 3 aliphatic rings. The number of carbonyl (C=O) groups excluding carboxylic acids is 1. The number of urea groups is 1. The highest BCUT2D eigenvalue weighted by Gasteiger charge is 2.36. The summed E-state index contributed by atoms with van der Waals surface area (Å²) in [6.45, 7) is 5.48. The molecular formula is C18H27N5O2. The Morgan fingerprint density at radius 2 is 2.00 bits per heavy atom. The number of amides is 2. The molecule has 1 aromatic rings. The summed E-state index contributed by atoms with van der Waals surface area (Å²) < 4.78 is 5.36. The van der Waals surface area contributed by atoms with Crippen LogP contribution in [0.5, 0.6) is 0 Å². The van der Waals surface area contributed by atoms with Crippen LogP contribution in [0, 0.1) is 0 Å². The maximum Gasteiger partial charge on any atom is 0.319 e. The molecule has 25 heavy (non-hydrogen) atoms. The molecule has 3 fully saturated rings. The molecule has 0 aromatic carbocycles. The van der Waals surface area contributed by atoms with Crippen LogP contribution in [-0.2, 0) is 4.74 Å². The van der Waals surface area contributed by atoms with E-state index in [-0.39, 0.29) is 12.1 Å². The number of ether oxygens (including phenoxy) is 1. The summed E-state index contributed by atoms with van der Waals surface area (Å²) in [5.41, 5.74) is 0.730. The van der Waals surface area contributed by atoms with E-state index in [0.717, 1.165) is 50.8 Å². The molecule has 0 spiro atoms. The van der Waals surface area contributed by atoms with Gasteiger partial charge in [-0.25, -0.2) is 9.78 Å². The quantitative estimate of drug-likeness (QED) is 0.872. The second-order valence-corrected chi connectivity index (χ2v) is 7.10. The standard InChI is InChI=1S/C18H27N5O2/c24-18(21-15-6-8-22-7-2-1-3-16(15)22)20-14-4-5-17(19-13-14)23-9-11-25-12-10-23/h4-5,13,15-16H,1-3,6-12H2,(H2,20,21,24)/t15-,16-/m0/s1. The number of pyridine rings is 1. The summed E-state index contributed by atoms with van der Waals surface area (Å²) in [6, 6.07) is 4.53. The van der Waals surface area contributed by atoms with E-state index in [9.17, 15) is 4.79 Å². The first-order valence-corrected chi connectivity index (χ1v) is 9.40. The number of nitrogens with one attached hydrogen (secondary N) is 2. The van der Waals surface area contributed by atoms with Gasteiger partial charge >= 0.3 is 6.03 Å². The van der Waals surface area contributed by atoms with E-state index in [1.807, 2.05) is 12.1 Å². The molecule has 4 rings (SSSR count). The number of carbonyl (C=O) groups is 1. The van der Waals surface area contributed by atoms with E-state index in [1.165, 1.54) is 25.8 Å². The molecule has 2 atom stereocenters. The fraction of sp³-hybridized carbons (Fsp3) is 0.667. The SMILES string of the molecule is O=C(Nc1ccc(N2CCOCC2)nc1)N[C@H]1CCN2CCCC[C@@H]12. The van der Waals surface area contributed by atoms with Crippen molar-refractivity contribution in [3.05, 3.63) is 18.3 Å². The second kappa shape index (κ2) is 7.58. The van der Waals surface area contributed by atoms with Crippen LogP contribution in [-0.4, -0.2) is 67.4 Å². The number of aromatic nitrogens is 1. The molecule has 7 heteroatoms. The molecule has 7 nitrogen and oxygen atoms in total. The summed E-state index contributed by atoms with van der Waals surface area (Å²) in [4.78, 5) is 21.5. The van der Waals surface area contributed by atoms with E-state index >= 15 is 0 Å². The lowest BCUT2D eigenvalue weighted by Crippen LogP contribution is -2.47. The first kappa shape index (κ1) is 16.6. The van der Waals surface area contributed by atoms with Crippen molar-refractivity contribution < 1.29 is 9.53 Å². The minimum atomic E-state index is -0.127. The molecule has 0 bridgehead atoms. The molecule has 0 unspecified atom stereocenters. The van der Waals surface area contributed by atoms with Crippen LogP contribution in [0.15, 0.2) is 18.3 Å². The van der Waals surface area contributed by atoms with Crippen LogP contribution in [0.1, 0.15) is 25.7 Å². The van der Waals surface area contributed by atoms with Crippen molar-refractivity contribution in [2.24, 2.45) is 0 Å². The predicted octanol–water partition coefficient (Wildman–Crippen LogP) is 1.67. The zero-order valence-electron chi connectivity index (χ0n) is 14.6. The summed E-state index contributed by atoms with van der Waals surface area (Å²) >= 11 is 0. The van der Waals surface area contributed by atoms with Gasteiger partial charge < -0.3 is 20.3 Å². The molecule has 0 radical (unpaired) electrons. The fourth-order valence-electron chi connectivity index (χ4n) is 4.19. The highest BCUT2D eigenvalue weighted by molar-refractivity contribution is 5.89. The lowest BCUT2D eigenvalue weighted by Gasteiger charge is -2.32. The van der Waals surface area contributed by atoms with Gasteiger partial charge in [0.15, 0.2) is 0 Å². The van der Waals surface area contributed by atoms with E-state index in [0.29, 0.717) is 6.04 Å². The molecular weight excluding hydrogens is 318 g/mol. The van der Waals surface area contributed by atoms with Crippen molar-refractivity contribution in [3.63, 3.8) is 0 Å². The monoisotopic (exact) mass is 345 g/mol. The van der Waals surface area contributed by atoms with Gasteiger partial charge in [-0.2, -0.15) is 0 Å². The van der Waals surface area contributed by atoms with Crippen molar-refractivity contribution in [1.29, 1.82) is 0 Å². The number of piperidine rings is 1. The van der Waals surface area contributed by atoms with Crippen molar-refractivity contribution in [1.82, 2.24) is 15.2 Å². The molecule has 2 amide bonds. The Hall–Kier alpha value is -1.86. The normalized spacial score (nSPS) is 27.0. The number of nitrogens with zero attached hydrogens (tertiary/aromatic N) is 3. The summed E-state index contributed by atoms with van der Waals surface area (Å²) in [7, 11) is 0. The van der Waals surface area contributed by atoms with Gasteiger partial charge in [0.25, 0.3) is 0 Å². The average Bonchev–Trinajstić information content (AvgIpc) is 3.06. The zero-order chi connectivity index (χ0) is 17.1. The Morgan fingerprint density at radius 1 is 1.12 bits per heavy atom. The molecule has 2 N–H and O–H groups in total. The maximum atomic E-state index is 12.3. The lowest BCUT2D eigenvalue weighted by atomic mass is 9.99. The number of anilines is 2. The minimum absolute atomic E-state index is 0.127. The average molecular weight is 345 g/mol. The molecule has 136 valence electrons. The smallest absolute Gasteiger partial charge is 0.319 e. The van der Waals surface area contributed by atoms with Crippen molar-refractivity contribution in [2.75, 3.05) is 49.6 Å². The molecule has 3 saturated heterocycles. The van der Waals surface area contributed by atoms with Gasteiger partial charge in [0, 0.05) is 31.7 Å². The van der Waals surface area contributed by atoms with E-state index < -0.39 is 0 Å². The first-order valence-electron chi connectivity index (χ1n) is 9.40. The van der Waals surface area contributed by atoms with Gasteiger partial charge in [-0.1, -0.05) is 6.42 Å². The number of rotatable bonds is 3. The topological polar surface area (TPSA) is 69.7 Å². The Balaban J connectivity index is 1.30. The van der Waals surface area contributed by atoms with E-state index in [2.05, 4.69) is 25.4 Å². The summed E-state index contributed by atoms with van der Waals surface area (Å²) in [6.07, 6.45) is 6.53. The van der Waals surface area contributed by atoms with Crippen molar-refractivity contribution in [2.45, 2.75) is 37.8 Å². The van der Waals surface area contributed by atoms with Gasteiger partial charge in [-0.05, 0) is 37.9 Å². The van der Waals surface area contributed by atoms with Gasteiger partial charge in [0.2, 0.25) is 0 Å². The maximum absolute atomic E-state index is 12.3. The van der Waals surface area contributed by atoms with Crippen molar-refractivity contribution >= 4 is 17.5 Å². The van der Waals surface area contributed by atoms with Crippen LogP contribution in [0.2, 0.25) is 0 Å². The van der Waals surface area contributed by atoms with Crippen LogP contribution < -0.4 is 15.5 Å². The Labute approximate surface area is 148 Å². The Bertz CT molecular complexity index is 588. The Morgan fingerprint density at radius 3 is 2.80 bits per heavy atom. The minimum Gasteiger partial charge on any atom is -0.378 e. The largest absolute Gasteiger partial charge is 0.378 e. The Kier molecular flexibility index (Phi) is 5.03. The van der Waals surface area contributed by atoms with E-state index in [1.54, 1.807) is 6.20 Å². The summed E-state index contributed by atoms with van der Waals surface area (Å²) in [5, 5.41) is 6.08. The van der Waals surface area contributed by atoms with Crippen LogP contribution in [0.3, 0.4) is 0 Å². The third-order valence-electron chi connectivity index (χ3n) is 5.51. The van der Waals surface area contributed by atoms with Gasteiger partial charge in [0.1, 0.15) is 5.82 Å². The highest BCUT2D eigenvalue weighted by Crippen LogP contribution is 2.27. The molecule has 0 saturated carbocycles. The van der Waals surface area contributed by atoms with Crippen LogP contribution in [0.4, 0.5) is 16.3 Å². The zero-order valence-corrected chi connectivity index (χ0v) is 14.6. The number of morpholine rings is 1. The summed E-state index contributed by atoms with van der Waals surface area (Å²) in [5.74, 6) is 0.933. The molecule has 0 aliphatic carbocycles. The fourth-order valence-corrected chi connectivity index (χ4v) is 4.19. The number of fused-ring (bicyclic) bond motifs is 1. The van der Waals surface area contributed by atoms with Crippen molar-refractivity contribution in [3.8, 4) is 0 Å². The number of hydrogen-bond acceptors (Lipinski definition) is 5. The first-order chi connectivity index (χ1) is 12.3.